The Bertz CT molecular complexity index is 265. The van der Waals surface area contributed by atoms with Gasteiger partial charge >= 0.3 is 11.9 Å². The van der Waals surface area contributed by atoms with Gasteiger partial charge in [-0.15, -0.1) is 0 Å². The Kier molecular flexibility index (Phi) is 1.24. The highest BCUT2D eigenvalue weighted by molar-refractivity contribution is 5.82. The van der Waals surface area contributed by atoms with Crippen molar-refractivity contribution in [2.45, 2.75) is 12.9 Å². The number of carbonyl (C=O) groups is 2. The normalized spacial score (nSPS) is 26.1. The van der Waals surface area contributed by atoms with E-state index in [-0.39, 0.29) is 0 Å². The van der Waals surface area contributed by atoms with Crippen molar-refractivity contribution in [3.8, 4) is 0 Å². The average molecular weight is 151 g/mol. The van der Waals surface area contributed by atoms with E-state index in [1.165, 1.54) is 0 Å². The van der Waals surface area contributed by atoms with Crippen LogP contribution in [0.4, 0.5) is 0 Å². The van der Waals surface area contributed by atoms with Crippen molar-refractivity contribution >= 4 is 11.9 Å². The number of carboxylic acids is 2. The van der Waals surface area contributed by atoms with Crippen LogP contribution in [0.25, 0.3) is 0 Å². The summed E-state index contributed by atoms with van der Waals surface area (Å²) in [5, 5.41) is 16.9. The monoisotopic (exact) mass is 151 g/mol. The molecule has 4 N–H and O–H groups in total. The van der Waals surface area contributed by atoms with Crippen LogP contribution in [-0.2, 0) is 9.59 Å². The third-order valence-electron chi connectivity index (χ3n) is 0.807. The quantitative estimate of drug-likeness (QED) is 0.486. The molecule has 0 radical (unpaired) electrons. The van der Waals surface area contributed by atoms with Crippen LogP contribution in [0, 0.1) is 5.89 Å². The first-order valence-corrected chi connectivity index (χ1v) is 2.27. The highest BCUT2D eigenvalue weighted by atomic mass is 16.4. The van der Waals surface area contributed by atoms with Gasteiger partial charge in [-0.25, -0.2) is 0 Å². The van der Waals surface area contributed by atoms with Crippen LogP contribution in [0.1, 0.15) is 12.3 Å². The van der Waals surface area contributed by atoms with Gasteiger partial charge < -0.3 is 15.9 Å². The third kappa shape index (κ3) is 2.02. The zero-order valence-corrected chi connectivity index (χ0v) is 4.87. The van der Waals surface area contributed by atoms with E-state index in [4.69, 9.17) is 21.4 Å². The molecule has 2 atom stereocenters. The molecular weight excluding hydrogens is 138 g/mol. The van der Waals surface area contributed by atoms with E-state index in [2.05, 4.69) is 0 Å². The lowest BCUT2D eigenvalue weighted by Gasteiger charge is -2.09. The summed E-state index contributed by atoms with van der Waals surface area (Å²) in [5.41, 5.74) is 4.85. The maximum Gasteiger partial charge on any atom is 0.321 e. The van der Waals surface area contributed by atoms with Gasteiger partial charge in [0.25, 0.3) is 0 Å². The van der Waals surface area contributed by atoms with E-state index in [1.807, 2.05) is 0 Å². The summed E-state index contributed by atoms with van der Waals surface area (Å²) in [7, 11) is 0. The van der Waals surface area contributed by atoms with Gasteiger partial charge in [0.2, 0.25) is 0 Å². The molecule has 5 nitrogen and oxygen atoms in total. The average Bonchev–Trinajstić information content (AvgIpc) is 1.98. The van der Waals surface area contributed by atoms with Gasteiger partial charge in [0.15, 0.2) is 0 Å². The summed E-state index contributed by atoms with van der Waals surface area (Å²) in [6, 6.07) is -2.31. The van der Waals surface area contributed by atoms with E-state index >= 15 is 0 Å². The first kappa shape index (κ1) is 3.92. The first-order chi connectivity index (χ1) is 6.05. The first-order valence-electron chi connectivity index (χ1n) is 4.27. The number of hydrogen-bond donors (Lipinski definition) is 3. The lowest BCUT2D eigenvalue weighted by atomic mass is 10.0. The Balaban J connectivity index is 5.33. The zero-order chi connectivity index (χ0) is 11.7. The molecule has 10 heavy (non-hydrogen) atoms. The molecule has 0 rings (SSSR count). The SMILES string of the molecule is [2H]C([2H])([2H])[C@]([2H])(C(=O)O)[C@H](N)C(=O)O. The summed E-state index contributed by atoms with van der Waals surface area (Å²) in [6.45, 7) is -3.31. The fourth-order valence-corrected chi connectivity index (χ4v) is 0.257. The van der Waals surface area contributed by atoms with Gasteiger partial charge in [0.05, 0.1) is 5.89 Å². The molecule has 0 saturated heterocycles. The molecule has 0 amide bonds. The predicted octanol–water partition coefficient (Wildman–Crippen LogP) is -0.881. The molecule has 0 aliphatic heterocycles. The maximum absolute atomic E-state index is 10.5. The van der Waals surface area contributed by atoms with Crippen molar-refractivity contribution in [2.24, 2.45) is 11.6 Å². The van der Waals surface area contributed by atoms with Crippen molar-refractivity contribution < 1.29 is 25.3 Å². The van der Waals surface area contributed by atoms with Crippen LogP contribution in [0.3, 0.4) is 0 Å². The highest BCUT2D eigenvalue weighted by Gasteiger charge is 2.25. The Morgan fingerprint density at radius 1 is 1.60 bits per heavy atom. The van der Waals surface area contributed by atoms with Crippen molar-refractivity contribution in [1.82, 2.24) is 0 Å². The molecule has 0 aromatic rings. The largest absolute Gasteiger partial charge is 0.481 e. The van der Waals surface area contributed by atoms with Crippen LogP contribution in [0.15, 0.2) is 0 Å². The molecule has 0 saturated carbocycles. The van der Waals surface area contributed by atoms with Gasteiger partial charge in [0.1, 0.15) is 6.04 Å². The molecule has 0 fully saturated rings. The van der Waals surface area contributed by atoms with Crippen molar-refractivity contribution in [3.05, 3.63) is 0 Å². The Hall–Kier alpha value is -1.10. The fourth-order valence-electron chi connectivity index (χ4n) is 0.257. The van der Waals surface area contributed by atoms with Gasteiger partial charge in [-0.05, 0) is 6.85 Å². The maximum atomic E-state index is 10.5. The summed E-state index contributed by atoms with van der Waals surface area (Å²) in [4.78, 5) is 20.9. The van der Waals surface area contributed by atoms with E-state index < -0.39 is 30.7 Å². The minimum atomic E-state index is -3.31. The molecule has 0 aromatic heterocycles. The highest BCUT2D eigenvalue weighted by Crippen LogP contribution is 1.99. The molecule has 0 aromatic carbocycles. The van der Waals surface area contributed by atoms with Gasteiger partial charge in [-0.3, -0.25) is 9.59 Å². The van der Waals surface area contributed by atoms with Crippen molar-refractivity contribution in [1.29, 1.82) is 0 Å². The third-order valence-corrected chi connectivity index (χ3v) is 0.807. The van der Waals surface area contributed by atoms with Crippen LogP contribution < -0.4 is 5.73 Å². The van der Waals surface area contributed by atoms with E-state index in [1.54, 1.807) is 0 Å². The minimum absolute atomic E-state index is 1.85. The summed E-state index contributed by atoms with van der Waals surface area (Å²) < 4.78 is 27.4. The molecule has 0 aliphatic carbocycles. The summed E-state index contributed by atoms with van der Waals surface area (Å²) in [6.07, 6.45) is 0. The Morgan fingerprint density at radius 3 is 2.20 bits per heavy atom. The van der Waals surface area contributed by atoms with Gasteiger partial charge in [0, 0.05) is 5.48 Å². The van der Waals surface area contributed by atoms with Crippen LogP contribution >= 0.6 is 0 Å². The molecule has 0 aliphatic rings. The second kappa shape index (κ2) is 3.17. The number of carboxylic acid groups (broad SMARTS) is 2. The number of hydrogen-bond acceptors (Lipinski definition) is 3. The smallest absolute Gasteiger partial charge is 0.321 e. The molecule has 0 heterocycles. The molecular formula is C5H9NO4. The number of rotatable bonds is 3. The van der Waals surface area contributed by atoms with Crippen LogP contribution in [-0.4, -0.2) is 28.2 Å². The predicted molar refractivity (Wildman–Crippen MR) is 32.4 cm³/mol. The van der Waals surface area contributed by atoms with Crippen LogP contribution in [0.5, 0.6) is 0 Å². The van der Waals surface area contributed by atoms with Gasteiger partial charge in [-0.1, -0.05) is 0 Å². The van der Waals surface area contributed by atoms with E-state index in [9.17, 15) is 9.59 Å². The van der Waals surface area contributed by atoms with Crippen molar-refractivity contribution in [3.63, 3.8) is 0 Å². The molecule has 0 unspecified atom stereocenters. The second-order valence-corrected chi connectivity index (χ2v) is 1.53. The summed E-state index contributed by atoms with van der Waals surface area (Å²) in [5.74, 6) is -7.18. The molecule has 58 valence electrons. The zero-order valence-electron chi connectivity index (χ0n) is 8.87. The fraction of sp³-hybridized carbons (Fsp3) is 0.600. The van der Waals surface area contributed by atoms with E-state index in [0.29, 0.717) is 0 Å². The molecule has 0 spiro atoms. The molecule has 0 bridgehead atoms. The van der Waals surface area contributed by atoms with E-state index in [0.717, 1.165) is 0 Å². The minimum Gasteiger partial charge on any atom is -0.481 e. The van der Waals surface area contributed by atoms with Gasteiger partial charge in [-0.2, -0.15) is 0 Å². The number of nitrogens with two attached hydrogens (primary N) is 1. The molecule has 5 heteroatoms. The standard InChI is InChI=1S/C5H9NO4/c1-2(4(7)8)3(6)5(9)10/h2-3H,6H2,1H3,(H,7,8)(H,9,10)/t2-,3-/m0/s1/i1D3,2D. The Morgan fingerprint density at radius 2 is 2.10 bits per heavy atom. The second-order valence-electron chi connectivity index (χ2n) is 1.53. The lowest BCUT2D eigenvalue weighted by Crippen LogP contribution is -2.40. The topological polar surface area (TPSA) is 101 Å². The number of aliphatic carboxylic acids is 2. The van der Waals surface area contributed by atoms with Crippen molar-refractivity contribution in [2.75, 3.05) is 0 Å². The lowest BCUT2D eigenvalue weighted by molar-refractivity contribution is -0.149. The van der Waals surface area contributed by atoms with Crippen LogP contribution in [0.2, 0.25) is 0 Å². The Labute approximate surface area is 63.1 Å². The summed E-state index contributed by atoms with van der Waals surface area (Å²) >= 11 is 0.